The number of carboxylic acids is 1. The smallest absolute Gasteiger partial charge is 0.344 e. The first-order valence-corrected chi connectivity index (χ1v) is 11.2. The average molecular weight is 512 g/mol. The second-order valence-electron chi connectivity index (χ2n) is 6.88. The van der Waals surface area contributed by atoms with Crippen LogP contribution in [0.15, 0.2) is 36.7 Å². The van der Waals surface area contributed by atoms with Crippen molar-refractivity contribution in [3.05, 3.63) is 64.4 Å². The van der Waals surface area contributed by atoms with Gasteiger partial charge in [0.2, 0.25) is 5.88 Å². The number of ether oxygens (including phenoxy) is 1. The molecule has 4 N–H and O–H groups in total. The second-order valence-corrected chi connectivity index (χ2v) is 8.09. The first-order valence-electron chi connectivity index (χ1n) is 10.0. The lowest BCUT2D eigenvalue weighted by molar-refractivity contribution is 0.0693. The Bertz CT molecular complexity index is 1130. The molecule has 2 amide bonds. The van der Waals surface area contributed by atoms with Gasteiger partial charge in [-0.3, -0.25) is 10.3 Å². The lowest BCUT2D eigenvalue weighted by atomic mass is 10.2. The van der Waals surface area contributed by atoms with E-state index in [9.17, 15) is 23.5 Å². The monoisotopic (exact) mass is 511 g/mol. The van der Waals surface area contributed by atoms with Gasteiger partial charge >= 0.3 is 12.0 Å². The van der Waals surface area contributed by atoms with E-state index in [0.29, 0.717) is 31.0 Å². The highest BCUT2D eigenvalue weighted by atomic mass is 35.5. The molecule has 3 aromatic rings. The van der Waals surface area contributed by atoms with Crippen LogP contribution in [-0.2, 0) is 6.61 Å². The molecule has 0 bridgehead atoms. The molecule has 0 aliphatic rings. The van der Waals surface area contributed by atoms with E-state index in [4.69, 9.17) is 16.3 Å². The number of anilines is 2. The number of benzene rings is 1. The SMILES string of the molecule is O=C(NCCCCNc1ccncc1)Nc1snc(OCc2c(F)cc(Cl)cc2F)c1C(=O)O. The third-order valence-corrected chi connectivity index (χ3v) is 5.42. The number of carbonyl (C=O) groups is 2. The molecule has 3 rings (SSSR count). The van der Waals surface area contributed by atoms with Gasteiger partial charge in [-0.2, -0.15) is 4.37 Å². The normalized spacial score (nSPS) is 10.6. The molecule has 0 saturated heterocycles. The van der Waals surface area contributed by atoms with Crippen molar-refractivity contribution in [3.8, 4) is 5.88 Å². The number of rotatable bonds is 11. The molecule has 0 aliphatic heterocycles. The molecule has 13 heteroatoms. The van der Waals surface area contributed by atoms with Gasteiger partial charge in [-0.15, -0.1) is 0 Å². The van der Waals surface area contributed by atoms with Crippen molar-refractivity contribution in [1.29, 1.82) is 0 Å². The fraction of sp³-hybridized carbons (Fsp3) is 0.238. The molecular formula is C21H20ClF2N5O4S. The number of hydrogen-bond donors (Lipinski definition) is 4. The summed E-state index contributed by atoms with van der Waals surface area (Å²) in [6.45, 7) is 0.461. The van der Waals surface area contributed by atoms with Crippen LogP contribution in [0.1, 0.15) is 28.8 Å². The second kappa shape index (κ2) is 12.1. The summed E-state index contributed by atoms with van der Waals surface area (Å²) in [5, 5.41) is 17.6. The van der Waals surface area contributed by atoms with Crippen LogP contribution in [0.2, 0.25) is 5.02 Å². The van der Waals surface area contributed by atoms with Gasteiger partial charge in [0.25, 0.3) is 0 Å². The molecular weight excluding hydrogens is 492 g/mol. The van der Waals surface area contributed by atoms with Gasteiger partial charge < -0.3 is 20.5 Å². The van der Waals surface area contributed by atoms with E-state index in [1.54, 1.807) is 12.4 Å². The van der Waals surface area contributed by atoms with Gasteiger partial charge in [0.15, 0.2) is 5.56 Å². The number of carboxylic acid groups (broad SMARTS) is 1. The zero-order chi connectivity index (χ0) is 24.5. The molecule has 0 atom stereocenters. The molecule has 2 aromatic heterocycles. The Morgan fingerprint density at radius 1 is 1.12 bits per heavy atom. The van der Waals surface area contributed by atoms with E-state index in [-0.39, 0.29) is 15.9 Å². The van der Waals surface area contributed by atoms with Gasteiger partial charge in [0, 0.05) is 36.2 Å². The Balaban J connectivity index is 1.49. The molecule has 0 fully saturated rings. The van der Waals surface area contributed by atoms with Crippen LogP contribution in [0.5, 0.6) is 5.88 Å². The van der Waals surface area contributed by atoms with E-state index in [1.807, 2.05) is 12.1 Å². The van der Waals surface area contributed by atoms with Crippen LogP contribution in [0.25, 0.3) is 0 Å². The van der Waals surface area contributed by atoms with Crippen molar-refractivity contribution in [1.82, 2.24) is 14.7 Å². The number of aromatic carboxylic acids is 1. The fourth-order valence-corrected chi connectivity index (χ4v) is 3.71. The first kappa shape index (κ1) is 25.1. The van der Waals surface area contributed by atoms with E-state index in [0.717, 1.165) is 24.2 Å². The Hall–Kier alpha value is -3.51. The molecule has 0 aliphatic carbocycles. The highest BCUT2D eigenvalue weighted by molar-refractivity contribution is 7.11. The summed E-state index contributed by atoms with van der Waals surface area (Å²) in [5.74, 6) is -3.67. The van der Waals surface area contributed by atoms with Crippen molar-refractivity contribution >= 4 is 45.8 Å². The van der Waals surface area contributed by atoms with Crippen molar-refractivity contribution in [3.63, 3.8) is 0 Å². The average Bonchev–Trinajstić information content (AvgIpc) is 3.18. The Kier molecular flexibility index (Phi) is 8.93. The Morgan fingerprint density at radius 3 is 2.47 bits per heavy atom. The maximum Gasteiger partial charge on any atom is 0.344 e. The Labute approximate surface area is 202 Å². The van der Waals surface area contributed by atoms with Gasteiger partial charge in [-0.25, -0.2) is 18.4 Å². The molecule has 0 radical (unpaired) electrons. The molecule has 1 aromatic carbocycles. The summed E-state index contributed by atoms with van der Waals surface area (Å²) in [7, 11) is 0. The van der Waals surface area contributed by atoms with Gasteiger partial charge in [-0.1, -0.05) is 11.6 Å². The van der Waals surface area contributed by atoms with Crippen molar-refractivity contribution in [2.45, 2.75) is 19.4 Å². The van der Waals surface area contributed by atoms with E-state index in [1.165, 1.54) is 0 Å². The number of halogens is 3. The lowest BCUT2D eigenvalue weighted by Gasteiger charge is -2.09. The third-order valence-electron chi connectivity index (χ3n) is 4.46. The van der Waals surface area contributed by atoms with Gasteiger partial charge in [-0.05, 0) is 48.6 Å². The largest absolute Gasteiger partial charge is 0.477 e. The number of hydrogen-bond acceptors (Lipinski definition) is 7. The molecule has 34 heavy (non-hydrogen) atoms. The zero-order valence-electron chi connectivity index (χ0n) is 17.6. The van der Waals surface area contributed by atoms with Crippen LogP contribution in [0.4, 0.5) is 24.3 Å². The number of nitrogens with zero attached hydrogens (tertiary/aromatic N) is 2. The van der Waals surface area contributed by atoms with Crippen LogP contribution in [0, 0.1) is 11.6 Å². The maximum absolute atomic E-state index is 13.9. The molecule has 0 unspecified atom stereocenters. The number of carbonyl (C=O) groups excluding carboxylic acids is 1. The number of pyridine rings is 1. The number of amides is 2. The lowest BCUT2D eigenvalue weighted by Crippen LogP contribution is -2.30. The van der Waals surface area contributed by atoms with Crippen molar-refractivity contribution < 1.29 is 28.2 Å². The summed E-state index contributed by atoms with van der Waals surface area (Å²) in [6, 6.07) is 4.90. The third kappa shape index (κ3) is 6.99. The highest BCUT2D eigenvalue weighted by Gasteiger charge is 2.24. The standard InChI is InChI=1S/C21H20ClF2N5O4S/c22-12-9-15(23)14(16(24)10-12)11-33-18-17(20(30)31)19(34-29-18)28-21(32)27-6-2-1-5-26-13-3-7-25-8-4-13/h3-4,7-10H,1-2,5-6,11H2,(H,25,26)(H,30,31)(H2,27,28,32). The topological polar surface area (TPSA) is 125 Å². The summed E-state index contributed by atoms with van der Waals surface area (Å²) in [4.78, 5) is 27.7. The number of urea groups is 1. The first-order chi connectivity index (χ1) is 16.3. The summed E-state index contributed by atoms with van der Waals surface area (Å²) >= 11 is 6.26. The molecule has 2 heterocycles. The fourth-order valence-electron chi connectivity index (χ4n) is 2.80. The minimum atomic E-state index is -1.42. The predicted octanol–water partition coefficient (Wildman–Crippen LogP) is 4.76. The summed E-state index contributed by atoms with van der Waals surface area (Å²) < 4.78 is 36.9. The quantitative estimate of drug-likeness (QED) is 0.273. The van der Waals surface area contributed by atoms with Crippen molar-refractivity contribution in [2.24, 2.45) is 0 Å². The van der Waals surface area contributed by atoms with E-state index < -0.39 is 41.4 Å². The molecule has 0 spiro atoms. The van der Waals surface area contributed by atoms with E-state index >= 15 is 0 Å². The van der Waals surface area contributed by atoms with Crippen molar-refractivity contribution in [2.75, 3.05) is 23.7 Å². The minimum Gasteiger partial charge on any atom is -0.477 e. The molecule has 0 saturated carbocycles. The Morgan fingerprint density at radius 2 is 1.79 bits per heavy atom. The minimum absolute atomic E-state index is 0.0728. The predicted molar refractivity (Wildman–Crippen MR) is 124 cm³/mol. The summed E-state index contributed by atoms with van der Waals surface area (Å²) in [6.07, 6.45) is 4.85. The maximum atomic E-state index is 13.9. The number of aromatic nitrogens is 2. The highest BCUT2D eigenvalue weighted by Crippen LogP contribution is 2.31. The van der Waals surface area contributed by atoms with Crippen LogP contribution < -0.4 is 20.7 Å². The van der Waals surface area contributed by atoms with Gasteiger partial charge in [0.05, 0.1) is 5.56 Å². The number of unbranched alkanes of at least 4 members (excludes halogenated alkanes) is 1. The zero-order valence-corrected chi connectivity index (χ0v) is 19.2. The summed E-state index contributed by atoms with van der Waals surface area (Å²) in [5.41, 5.74) is 0.0996. The van der Waals surface area contributed by atoms with Crippen LogP contribution in [-0.4, -0.2) is 39.6 Å². The van der Waals surface area contributed by atoms with Crippen LogP contribution in [0.3, 0.4) is 0 Å². The van der Waals surface area contributed by atoms with Crippen LogP contribution >= 0.6 is 23.1 Å². The molecule has 180 valence electrons. The number of nitrogens with one attached hydrogen (secondary N) is 3. The van der Waals surface area contributed by atoms with Gasteiger partial charge in [0.1, 0.15) is 23.2 Å². The molecule has 9 nitrogen and oxygen atoms in total. The van der Waals surface area contributed by atoms with E-state index in [2.05, 4.69) is 25.3 Å².